The molecule has 0 bridgehead atoms. The van der Waals surface area contributed by atoms with Crippen molar-refractivity contribution in [1.82, 2.24) is 20.1 Å². The molecular weight excluding hydrogens is 487 g/mol. The van der Waals surface area contributed by atoms with Crippen molar-refractivity contribution in [2.24, 2.45) is 5.92 Å². The molecule has 1 amide bonds. The van der Waals surface area contributed by atoms with E-state index in [1.165, 1.54) is 0 Å². The predicted octanol–water partition coefficient (Wildman–Crippen LogP) is 7.07. The van der Waals surface area contributed by atoms with Gasteiger partial charge in [0.2, 0.25) is 0 Å². The fourth-order valence-electron chi connectivity index (χ4n) is 3.32. The van der Waals surface area contributed by atoms with Crippen LogP contribution in [-0.4, -0.2) is 20.7 Å². The van der Waals surface area contributed by atoms with Crippen LogP contribution in [0.2, 0.25) is 15.1 Å². The Bertz CT molecular complexity index is 1090. The van der Waals surface area contributed by atoms with Crippen molar-refractivity contribution in [2.75, 3.05) is 0 Å². The van der Waals surface area contributed by atoms with Gasteiger partial charge in [-0.3, -0.25) is 4.79 Å². The number of amides is 1. The van der Waals surface area contributed by atoms with Crippen LogP contribution in [0.5, 0.6) is 0 Å². The minimum Gasteiger partial charge on any atom is -0.342 e. The molecule has 9 heteroatoms. The number of nitrogens with one attached hydrogen (secondary N) is 1. The van der Waals surface area contributed by atoms with Crippen molar-refractivity contribution in [2.45, 2.75) is 50.7 Å². The molecule has 0 fully saturated rings. The van der Waals surface area contributed by atoms with Crippen molar-refractivity contribution < 1.29 is 4.79 Å². The van der Waals surface area contributed by atoms with Gasteiger partial charge in [0.05, 0.1) is 26.7 Å². The molecule has 0 aliphatic rings. The monoisotopic (exact) mass is 510 g/mol. The molecule has 1 aromatic heterocycles. The van der Waals surface area contributed by atoms with Crippen LogP contribution in [-0.2, 0) is 12.3 Å². The van der Waals surface area contributed by atoms with Crippen LogP contribution in [0.4, 0.5) is 0 Å². The summed E-state index contributed by atoms with van der Waals surface area (Å²) >= 11 is 19.9. The molecule has 0 aliphatic heterocycles. The molecule has 170 valence electrons. The number of thioether (sulfide) groups is 1. The van der Waals surface area contributed by atoms with Crippen LogP contribution >= 0.6 is 46.6 Å². The SMILES string of the molecule is CCn1c(SCc2ccc(Cl)c(Cl)c2)nnc1[C@@H](CC(C)C)NC(=O)c1ccccc1Cl. The minimum atomic E-state index is -0.287. The van der Waals surface area contributed by atoms with Gasteiger partial charge in [-0.05, 0) is 49.1 Å². The van der Waals surface area contributed by atoms with E-state index in [9.17, 15) is 4.79 Å². The molecule has 0 aliphatic carbocycles. The lowest BCUT2D eigenvalue weighted by Gasteiger charge is -2.21. The number of aromatic nitrogens is 3. The number of hydrogen-bond donors (Lipinski definition) is 1. The highest BCUT2D eigenvalue weighted by atomic mass is 35.5. The molecule has 0 saturated heterocycles. The van der Waals surface area contributed by atoms with Crippen molar-refractivity contribution in [3.05, 3.63) is 74.5 Å². The van der Waals surface area contributed by atoms with Gasteiger partial charge in [0.25, 0.3) is 5.91 Å². The average Bonchev–Trinajstić information content (AvgIpc) is 3.17. The highest BCUT2D eigenvalue weighted by Crippen LogP contribution is 2.29. The zero-order chi connectivity index (χ0) is 23.3. The largest absolute Gasteiger partial charge is 0.342 e. The van der Waals surface area contributed by atoms with E-state index in [0.717, 1.165) is 23.0 Å². The molecular formula is C23H25Cl3N4OS. The van der Waals surface area contributed by atoms with E-state index < -0.39 is 0 Å². The Kier molecular flexibility index (Phi) is 8.88. The lowest BCUT2D eigenvalue weighted by molar-refractivity contribution is 0.0929. The number of benzene rings is 2. The smallest absolute Gasteiger partial charge is 0.253 e. The molecule has 0 saturated carbocycles. The van der Waals surface area contributed by atoms with Gasteiger partial charge in [-0.15, -0.1) is 10.2 Å². The first-order chi connectivity index (χ1) is 15.3. The molecule has 3 rings (SSSR count). The summed E-state index contributed by atoms with van der Waals surface area (Å²) in [5.74, 6) is 1.53. The van der Waals surface area contributed by atoms with E-state index in [2.05, 4.69) is 29.4 Å². The zero-order valence-corrected chi connectivity index (χ0v) is 21.2. The molecule has 1 atom stereocenters. The van der Waals surface area contributed by atoms with E-state index >= 15 is 0 Å². The Balaban J connectivity index is 1.82. The second-order valence-electron chi connectivity index (χ2n) is 7.76. The van der Waals surface area contributed by atoms with Gasteiger partial charge in [0.1, 0.15) is 0 Å². The minimum absolute atomic E-state index is 0.225. The van der Waals surface area contributed by atoms with Crippen LogP contribution in [0.25, 0.3) is 0 Å². The summed E-state index contributed by atoms with van der Waals surface area (Å²) in [7, 11) is 0. The summed E-state index contributed by atoms with van der Waals surface area (Å²) in [6, 6.07) is 12.3. The molecule has 3 aromatic rings. The lowest BCUT2D eigenvalue weighted by atomic mass is 10.0. The van der Waals surface area contributed by atoms with Crippen LogP contribution < -0.4 is 5.32 Å². The van der Waals surface area contributed by atoms with Crippen molar-refractivity contribution in [3.8, 4) is 0 Å². The van der Waals surface area contributed by atoms with Gasteiger partial charge >= 0.3 is 0 Å². The Morgan fingerprint density at radius 3 is 2.47 bits per heavy atom. The van der Waals surface area contributed by atoms with Crippen molar-refractivity contribution >= 4 is 52.5 Å². The van der Waals surface area contributed by atoms with Gasteiger partial charge in [-0.2, -0.15) is 0 Å². The van der Waals surface area contributed by atoms with Crippen molar-refractivity contribution in [1.29, 1.82) is 0 Å². The van der Waals surface area contributed by atoms with Gasteiger partial charge in [0.15, 0.2) is 11.0 Å². The Morgan fingerprint density at radius 1 is 1.06 bits per heavy atom. The van der Waals surface area contributed by atoms with E-state index in [-0.39, 0.29) is 11.9 Å². The van der Waals surface area contributed by atoms with E-state index in [0.29, 0.717) is 38.8 Å². The zero-order valence-electron chi connectivity index (χ0n) is 18.1. The molecule has 1 heterocycles. The maximum absolute atomic E-state index is 12.9. The maximum atomic E-state index is 12.9. The summed E-state index contributed by atoms with van der Waals surface area (Å²) in [5, 5.41) is 14.2. The van der Waals surface area contributed by atoms with Gasteiger partial charge < -0.3 is 9.88 Å². The summed E-state index contributed by atoms with van der Waals surface area (Å²) in [4.78, 5) is 12.9. The molecule has 0 spiro atoms. The highest BCUT2D eigenvalue weighted by Gasteiger charge is 2.25. The molecule has 0 unspecified atom stereocenters. The Hall–Kier alpha value is -1.73. The van der Waals surface area contributed by atoms with Gasteiger partial charge in [-0.1, -0.05) is 78.6 Å². The second kappa shape index (κ2) is 11.4. The third-order valence-corrected chi connectivity index (χ3v) is 6.96. The molecule has 2 aromatic carbocycles. The fraction of sp³-hybridized carbons (Fsp3) is 0.348. The standard InChI is InChI=1S/C23H25Cl3N4OS/c1-4-30-21(28-29-23(30)32-13-15-9-10-18(25)19(26)12-15)20(11-14(2)3)27-22(31)16-7-5-6-8-17(16)24/h5-10,12,14,20H,4,11,13H2,1-3H3,(H,27,31)/t20-/m1/s1. The fourth-order valence-corrected chi connectivity index (χ4v) is 4.82. The van der Waals surface area contributed by atoms with Crippen LogP contribution in [0.1, 0.15) is 55.0 Å². The second-order valence-corrected chi connectivity index (χ2v) is 9.92. The number of carbonyl (C=O) groups excluding carboxylic acids is 1. The third kappa shape index (κ3) is 6.19. The van der Waals surface area contributed by atoms with Crippen LogP contribution in [0.15, 0.2) is 47.6 Å². The number of hydrogen-bond acceptors (Lipinski definition) is 4. The lowest BCUT2D eigenvalue weighted by Crippen LogP contribution is -2.31. The first kappa shape index (κ1) is 24.9. The maximum Gasteiger partial charge on any atom is 0.253 e. The Morgan fingerprint density at radius 2 is 1.81 bits per heavy atom. The summed E-state index contributed by atoms with van der Waals surface area (Å²) in [6.45, 7) is 6.95. The quantitative estimate of drug-likeness (QED) is 0.312. The average molecular weight is 512 g/mol. The Labute approximate surface area is 207 Å². The summed E-state index contributed by atoms with van der Waals surface area (Å²) < 4.78 is 2.04. The number of rotatable bonds is 9. The third-order valence-electron chi connectivity index (χ3n) is 4.86. The molecule has 1 N–H and O–H groups in total. The topological polar surface area (TPSA) is 59.8 Å². The summed E-state index contributed by atoms with van der Waals surface area (Å²) in [5.41, 5.74) is 1.49. The van der Waals surface area contributed by atoms with E-state index in [4.69, 9.17) is 34.8 Å². The summed E-state index contributed by atoms with van der Waals surface area (Å²) in [6.07, 6.45) is 0.728. The molecule has 0 radical (unpaired) electrons. The molecule has 32 heavy (non-hydrogen) atoms. The predicted molar refractivity (Wildman–Crippen MR) is 133 cm³/mol. The van der Waals surface area contributed by atoms with Crippen LogP contribution in [0, 0.1) is 5.92 Å². The van der Waals surface area contributed by atoms with Gasteiger partial charge in [-0.25, -0.2) is 0 Å². The first-order valence-electron chi connectivity index (χ1n) is 10.3. The normalized spacial score (nSPS) is 12.2. The van der Waals surface area contributed by atoms with Gasteiger partial charge in [0, 0.05) is 12.3 Å². The van der Waals surface area contributed by atoms with Crippen molar-refractivity contribution in [3.63, 3.8) is 0 Å². The van der Waals surface area contributed by atoms with E-state index in [1.54, 1.807) is 42.1 Å². The number of carbonyl (C=O) groups is 1. The highest BCUT2D eigenvalue weighted by molar-refractivity contribution is 7.98. The van der Waals surface area contributed by atoms with E-state index in [1.807, 2.05) is 23.6 Å². The first-order valence-corrected chi connectivity index (χ1v) is 12.5. The number of nitrogens with zero attached hydrogens (tertiary/aromatic N) is 3. The number of halogens is 3. The van der Waals surface area contributed by atoms with Crippen LogP contribution in [0.3, 0.4) is 0 Å². The molecule has 5 nitrogen and oxygen atoms in total.